The molecule has 0 aliphatic heterocycles. The maximum Gasteiger partial charge on any atom is 0.342 e. The number of hydrogen-bond acceptors (Lipinski definition) is 7. The number of aliphatic hydroxyl groups is 3. The molecule has 1 aromatic rings. The van der Waals surface area contributed by atoms with Crippen LogP contribution in [0.4, 0.5) is 0 Å². The maximum absolute atomic E-state index is 12.9. The minimum absolute atomic E-state index is 0.00813. The molecular formula is C24H30O7. The molecule has 0 radical (unpaired) electrons. The zero-order chi connectivity index (χ0) is 23.1. The maximum atomic E-state index is 12.9. The van der Waals surface area contributed by atoms with E-state index in [0.29, 0.717) is 11.8 Å². The predicted molar refractivity (Wildman–Crippen MR) is 111 cm³/mol. The van der Waals surface area contributed by atoms with Crippen LogP contribution >= 0.6 is 0 Å². The number of ether oxygens (including phenoxy) is 1. The van der Waals surface area contributed by atoms with Gasteiger partial charge in [-0.15, -0.1) is 0 Å². The van der Waals surface area contributed by atoms with Crippen molar-refractivity contribution in [3.8, 4) is 5.75 Å². The van der Waals surface area contributed by atoms with E-state index in [9.17, 15) is 30.0 Å². The van der Waals surface area contributed by atoms with E-state index < -0.39 is 46.1 Å². The van der Waals surface area contributed by atoms with Crippen molar-refractivity contribution in [3.05, 3.63) is 40.5 Å². The lowest BCUT2D eigenvalue weighted by molar-refractivity contribution is -0.272. The van der Waals surface area contributed by atoms with E-state index in [1.165, 1.54) is 12.1 Å². The largest absolute Gasteiger partial charge is 0.507 e. The SMILES string of the molecule is Cc1cc(C)c(C(=O)O[C@@H]2C[C@]3(C)C4[C@@H](O)C(C)(C)C[C@@]4(O)C=C(C=O)[C@]23O)c(O)c1. The Morgan fingerprint density at radius 2 is 1.84 bits per heavy atom. The van der Waals surface area contributed by atoms with Crippen LogP contribution in [0.5, 0.6) is 5.75 Å². The summed E-state index contributed by atoms with van der Waals surface area (Å²) in [7, 11) is 0. The second-order valence-electron chi connectivity index (χ2n) is 10.6. The van der Waals surface area contributed by atoms with E-state index in [1.807, 2.05) is 13.8 Å². The summed E-state index contributed by atoms with van der Waals surface area (Å²) in [6.45, 7) is 8.86. The van der Waals surface area contributed by atoms with Gasteiger partial charge in [-0.3, -0.25) is 4.79 Å². The summed E-state index contributed by atoms with van der Waals surface area (Å²) in [5, 5.41) is 44.2. The lowest BCUT2D eigenvalue weighted by atomic mass is 9.43. The van der Waals surface area contributed by atoms with Crippen molar-refractivity contribution in [2.24, 2.45) is 16.7 Å². The average molecular weight is 430 g/mol. The summed E-state index contributed by atoms with van der Waals surface area (Å²) in [5.74, 6) is -1.74. The Balaban J connectivity index is 1.72. The van der Waals surface area contributed by atoms with Gasteiger partial charge in [0.05, 0.1) is 11.7 Å². The minimum Gasteiger partial charge on any atom is -0.507 e. The Kier molecular flexibility index (Phi) is 4.54. The van der Waals surface area contributed by atoms with Crippen molar-refractivity contribution in [1.82, 2.24) is 0 Å². The number of carbonyl (C=O) groups is 2. The monoisotopic (exact) mass is 430 g/mol. The Bertz CT molecular complexity index is 988. The number of aliphatic hydroxyl groups excluding tert-OH is 1. The van der Waals surface area contributed by atoms with Crippen molar-refractivity contribution in [3.63, 3.8) is 0 Å². The van der Waals surface area contributed by atoms with Gasteiger partial charge in [0.1, 0.15) is 29.3 Å². The number of esters is 1. The number of rotatable bonds is 3. The Labute approximate surface area is 181 Å². The quantitative estimate of drug-likeness (QED) is 0.427. The summed E-state index contributed by atoms with van der Waals surface area (Å²) in [6.07, 6.45) is 0.250. The minimum atomic E-state index is -1.85. The van der Waals surface area contributed by atoms with Crippen LogP contribution in [0.25, 0.3) is 0 Å². The van der Waals surface area contributed by atoms with Gasteiger partial charge >= 0.3 is 5.97 Å². The molecule has 1 aromatic carbocycles. The number of aryl methyl sites for hydroxylation is 2. The molecule has 4 rings (SSSR count). The van der Waals surface area contributed by atoms with Gasteiger partial charge in [-0.25, -0.2) is 4.79 Å². The van der Waals surface area contributed by atoms with E-state index in [4.69, 9.17) is 4.74 Å². The van der Waals surface area contributed by atoms with Crippen molar-refractivity contribution in [2.75, 3.05) is 0 Å². The Hall–Kier alpha value is -2.22. The molecule has 0 saturated heterocycles. The van der Waals surface area contributed by atoms with Crippen molar-refractivity contribution >= 4 is 12.3 Å². The van der Waals surface area contributed by atoms with E-state index in [1.54, 1.807) is 26.8 Å². The molecule has 0 aromatic heterocycles. The lowest BCUT2D eigenvalue weighted by Crippen LogP contribution is -2.76. The first kappa shape index (κ1) is 22.0. The van der Waals surface area contributed by atoms with Crippen LogP contribution in [0.15, 0.2) is 23.8 Å². The number of hydrogen-bond donors (Lipinski definition) is 4. The third kappa shape index (κ3) is 2.69. The van der Waals surface area contributed by atoms with Crippen LogP contribution in [-0.4, -0.2) is 56.1 Å². The molecular weight excluding hydrogens is 400 g/mol. The summed E-state index contributed by atoms with van der Waals surface area (Å²) in [6, 6.07) is 3.20. The number of benzene rings is 1. The molecule has 0 amide bonds. The Morgan fingerprint density at radius 3 is 2.42 bits per heavy atom. The first-order valence-corrected chi connectivity index (χ1v) is 10.5. The molecule has 3 aliphatic rings. The molecule has 0 spiro atoms. The molecule has 31 heavy (non-hydrogen) atoms. The fraction of sp³-hybridized carbons (Fsp3) is 0.583. The number of fused-ring (bicyclic) bond motifs is 3. The van der Waals surface area contributed by atoms with E-state index in [0.717, 1.165) is 5.56 Å². The van der Waals surface area contributed by atoms with Gasteiger partial charge in [-0.05, 0) is 55.4 Å². The van der Waals surface area contributed by atoms with Gasteiger partial charge < -0.3 is 25.2 Å². The van der Waals surface area contributed by atoms with E-state index in [2.05, 4.69) is 0 Å². The number of phenols is 1. The summed E-state index contributed by atoms with van der Waals surface area (Å²) >= 11 is 0. The molecule has 0 heterocycles. The van der Waals surface area contributed by atoms with Gasteiger partial charge in [0.25, 0.3) is 0 Å². The smallest absolute Gasteiger partial charge is 0.342 e. The third-order valence-corrected chi connectivity index (χ3v) is 7.91. The molecule has 4 N–H and O–H groups in total. The summed E-state index contributed by atoms with van der Waals surface area (Å²) in [4.78, 5) is 24.8. The summed E-state index contributed by atoms with van der Waals surface area (Å²) < 4.78 is 5.60. The number of aldehydes is 1. The molecule has 6 atom stereocenters. The highest BCUT2D eigenvalue weighted by Crippen LogP contribution is 2.69. The third-order valence-electron chi connectivity index (χ3n) is 7.91. The normalized spacial score (nSPS) is 40.3. The molecule has 2 fully saturated rings. The van der Waals surface area contributed by atoms with Crippen LogP contribution in [0.1, 0.15) is 55.1 Å². The van der Waals surface area contributed by atoms with Gasteiger partial charge in [0.15, 0.2) is 0 Å². The molecule has 168 valence electrons. The van der Waals surface area contributed by atoms with Crippen LogP contribution in [-0.2, 0) is 9.53 Å². The highest BCUT2D eigenvalue weighted by molar-refractivity contribution is 5.94. The van der Waals surface area contributed by atoms with E-state index >= 15 is 0 Å². The molecule has 2 saturated carbocycles. The zero-order valence-corrected chi connectivity index (χ0v) is 18.5. The first-order valence-electron chi connectivity index (χ1n) is 10.5. The molecule has 3 aliphatic carbocycles. The fourth-order valence-electron chi connectivity index (χ4n) is 6.54. The number of carbonyl (C=O) groups excluding carboxylic acids is 2. The lowest BCUT2D eigenvalue weighted by Gasteiger charge is -2.66. The molecule has 1 unspecified atom stereocenters. The average Bonchev–Trinajstić information content (AvgIpc) is 2.81. The highest BCUT2D eigenvalue weighted by Gasteiger charge is 2.77. The molecule has 7 heteroatoms. The highest BCUT2D eigenvalue weighted by atomic mass is 16.6. The topological polar surface area (TPSA) is 124 Å². The van der Waals surface area contributed by atoms with E-state index in [-0.39, 0.29) is 29.7 Å². The zero-order valence-electron chi connectivity index (χ0n) is 18.5. The number of aromatic hydroxyl groups is 1. The van der Waals surface area contributed by atoms with Crippen LogP contribution < -0.4 is 0 Å². The predicted octanol–water partition coefficient (Wildman–Crippen LogP) is 1.95. The number of phenolic OH excluding ortho intramolecular Hbond substituents is 1. The van der Waals surface area contributed by atoms with Crippen LogP contribution in [0.3, 0.4) is 0 Å². The second-order valence-corrected chi connectivity index (χ2v) is 10.6. The van der Waals surface area contributed by atoms with Gasteiger partial charge in [0, 0.05) is 16.9 Å². The first-order chi connectivity index (χ1) is 14.2. The second kappa shape index (κ2) is 6.40. The van der Waals surface area contributed by atoms with Gasteiger partial charge in [-0.1, -0.05) is 26.8 Å². The molecule has 0 bridgehead atoms. The fourth-order valence-corrected chi connectivity index (χ4v) is 6.54. The summed E-state index contributed by atoms with van der Waals surface area (Å²) in [5.41, 5.74) is -3.70. The molecule has 7 nitrogen and oxygen atoms in total. The Morgan fingerprint density at radius 1 is 1.19 bits per heavy atom. The van der Waals surface area contributed by atoms with Gasteiger partial charge in [0.2, 0.25) is 0 Å². The standard InChI is InChI=1S/C24H30O7/c1-12-6-13(2)17(15(26)7-12)20(28)31-16-9-22(5)18-19(27)21(3,4)11-23(18,29)8-14(10-25)24(16,22)30/h6-8,10,16,18-19,26-27,29-30H,9,11H2,1-5H3/t16-,18?,19-,22-,23+,24+/m1/s1. The van der Waals surface area contributed by atoms with Crippen LogP contribution in [0, 0.1) is 30.6 Å². The van der Waals surface area contributed by atoms with Crippen LogP contribution in [0.2, 0.25) is 0 Å². The van der Waals surface area contributed by atoms with Crippen molar-refractivity contribution < 1.29 is 34.8 Å². The van der Waals surface area contributed by atoms with Crippen molar-refractivity contribution in [1.29, 1.82) is 0 Å². The van der Waals surface area contributed by atoms with Gasteiger partial charge in [-0.2, -0.15) is 0 Å². The van der Waals surface area contributed by atoms with Crippen molar-refractivity contribution in [2.45, 2.75) is 70.9 Å².